The number of hydrogen-bond donors (Lipinski definition) is 2. The van der Waals surface area contributed by atoms with Gasteiger partial charge in [0.15, 0.2) is 0 Å². The smallest absolute Gasteiger partial charge is 0.237 e. The maximum atomic E-state index is 11.3. The van der Waals surface area contributed by atoms with Gasteiger partial charge >= 0.3 is 0 Å². The number of hydrogen-bond acceptors (Lipinski definition) is 3. The van der Waals surface area contributed by atoms with E-state index in [0.29, 0.717) is 6.54 Å². The number of carbonyl (C=O) groups is 1. The number of nitrogens with zero attached hydrogens (tertiary/aromatic N) is 2. The molecule has 0 aliphatic rings. The van der Waals surface area contributed by atoms with Crippen molar-refractivity contribution >= 4 is 5.91 Å². The summed E-state index contributed by atoms with van der Waals surface area (Å²) in [4.78, 5) is 11.3. The van der Waals surface area contributed by atoms with Crippen LogP contribution in [-0.4, -0.2) is 28.8 Å². The Morgan fingerprint density at radius 2 is 2.43 bits per heavy atom. The van der Waals surface area contributed by atoms with E-state index in [9.17, 15) is 4.79 Å². The SMILES string of the molecule is CNC(C)C(=O)NCc1ccn(C)n1. The summed E-state index contributed by atoms with van der Waals surface area (Å²) in [5.41, 5.74) is 0.865. The number of likely N-dealkylation sites (N-methyl/N-ethyl adjacent to an activating group) is 1. The lowest BCUT2D eigenvalue weighted by molar-refractivity contribution is -0.122. The Labute approximate surface area is 83.5 Å². The molecule has 0 aliphatic carbocycles. The van der Waals surface area contributed by atoms with Gasteiger partial charge in [-0.15, -0.1) is 0 Å². The first-order valence-electron chi connectivity index (χ1n) is 4.57. The minimum absolute atomic E-state index is 0.0156. The summed E-state index contributed by atoms with van der Waals surface area (Å²) in [6.45, 7) is 2.29. The number of aryl methyl sites for hydroxylation is 1. The first-order chi connectivity index (χ1) is 6.63. The molecule has 0 bridgehead atoms. The highest BCUT2D eigenvalue weighted by Gasteiger charge is 2.09. The van der Waals surface area contributed by atoms with Crippen molar-refractivity contribution in [2.45, 2.75) is 19.5 Å². The van der Waals surface area contributed by atoms with E-state index < -0.39 is 0 Å². The number of rotatable bonds is 4. The average molecular weight is 196 g/mol. The largest absolute Gasteiger partial charge is 0.349 e. The van der Waals surface area contributed by atoms with Crippen LogP contribution in [-0.2, 0) is 18.4 Å². The fourth-order valence-electron chi connectivity index (χ4n) is 1.02. The fourth-order valence-corrected chi connectivity index (χ4v) is 1.02. The molecule has 5 heteroatoms. The third-order valence-electron chi connectivity index (χ3n) is 2.04. The predicted molar refractivity (Wildman–Crippen MR) is 53.6 cm³/mol. The number of amides is 1. The predicted octanol–water partition coefficient (Wildman–Crippen LogP) is -0.356. The van der Waals surface area contributed by atoms with Gasteiger partial charge in [-0.1, -0.05) is 0 Å². The van der Waals surface area contributed by atoms with Crippen LogP contribution in [0.1, 0.15) is 12.6 Å². The molecule has 0 fully saturated rings. The van der Waals surface area contributed by atoms with Crippen LogP contribution in [0.3, 0.4) is 0 Å². The highest BCUT2D eigenvalue weighted by Crippen LogP contribution is 1.93. The molecule has 1 rings (SSSR count). The summed E-state index contributed by atoms with van der Waals surface area (Å²) >= 11 is 0. The Morgan fingerprint density at radius 3 is 2.93 bits per heavy atom. The highest BCUT2D eigenvalue weighted by molar-refractivity contribution is 5.81. The van der Waals surface area contributed by atoms with Crippen molar-refractivity contribution in [3.8, 4) is 0 Å². The maximum Gasteiger partial charge on any atom is 0.237 e. The molecule has 0 aromatic carbocycles. The van der Waals surface area contributed by atoms with Gasteiger partial charge in [-0.25, -0.2) is 0 Å². The van der Waals surface area contributed by atoms with Gasteiger partial charge in [-0.05, 0) is 20.0 Å². The molecule has 1 amide bonds. The van der Waals surface area contributed by atoms with Crippen molar-refractivity contribution < 1.29 is 4.79 Å². The molecule has 0 saturated heterocycles. The molecule has 1 heterocycles. The Hall–Kier alpha value is -1.36. The quantitative estimate of drug-likeness (QED) is 0.691. The Morgan fingerprint density at radius 1 is 1.71 bits per heavy atom. The van der Waals surface area contributed by atoms with Crippen LogP contribution in [0, 0.1) is 0 Å². The summed E-state index contributed by atoms with van der Waals surface area (Å²) < 4.78 is 1.71. The maximum absolute atomic E-state index is 11.3. The summed E-state index contributed by atoms with van der Waals surface area (Å²) in [7, 11) is 3.60. The third-order valence-corrected chi connectivity index (χ3v) is 2.04. The minimum Gasteiger partial charge on any atom is -0.349 e. The van der Waals surface area contributed by atoms with E-state index in [1.165, 1.54) is 0 Å². The van der Waals surface area contributed by atoms with Gasteiger partial charge in [0.25, 0.3) is 0 Å². The molecule has 14 heavy (non-hydrogen) atoms. The summed E-state index contributed by atoms with van der Waals surface area (Å²) in [5.74, 6) is -0.0156. The van der Waals surface area contributed by atoms with Crippen molar-refractivity contribution in [1.82, 2.24) is 20.4 Å². The van der Waals surface area contributed by atoms with E-state index in [-0.39, 0.29) is 11.9 Å². The molecule has 78 valence electrons. The van der Waals surface area contributed by atoms with Crippen LogP contribution < -0.4 is 10.6 Å². The average Bonchev–Trinajstić information content (AvgIpc) is 2.59. The molecule has 0 spiro atoms. The molecule has 1 aromatic rings. The summed E-state index contributed by atoms with van der Waals surface area (Å²) in [6, 6.07) is 1.71. The van der Waals surface area contributed by atoms with Gasteiger partial charge < -0.3 is 10.6 Å². The first kappa shape index (κ1) is 10.7. The summed E-state index contributed by atoms with van der Waals surface area (Å²) in [6.07, 6.45) is 1.85. The van der Waals surface area contributed by atoms with Crippen molar-refractivity contribution in [3.63, 3.8) is 0 Å². The second-order valence-corrected chi connectivity index (χ2v) is 3.21. The van der Waals surface area contributed by atoms with Crippen LogP contribution >= 0.6 is 0 Å². The topological polar surface area (TPSA) is 59.0 Å². The van der Waals surface area contributed by atoms with Crippen molar-refractivity contribution in [2.24, 2.45) is 7.05 Å². The molecular formula is C9H16N4O. The second kappa shape index (κ2) is 4.76. The van der Waals surface area contributed by atoms with E-state index in [2.05, 4.69) is 15.7 Å². The van der Waals surface area contributed by atoms with E-state index in [0.717, 1.165) is 5.69 Å². The van der Waals surface area contributed by atoms with Crippen LogP contribution in [0.25, 0.3) is 0 Å². The lowest BCUT2D eigenvalue weighted by Crippen LogP contribution is -2.40. The number of aromatic nitrogens is 2. The molecule has 1 unspecified atom stereocenters. The third kappa shape index (κ3) is 2.85. The normalized spacial score (nSPS) is 12.5. The lowest BCUT2D eigenvalue weighted by atomic mass is 10.3. The standard InChI is InChI=1S/C9H16N4O/c1-7(10-2)9(14)11-6-8-4-5-13(3)12-8/h4-5,7,10H,6H2,1-3H3,(H,11,14). The van der Waals surface area contributed by atoms with Crippen LogP contribution in [0.4, 0.5) is 0 Å². The van der Waals surface area contributed by atoms with E-state index in [1.807, 2.05) is 26.2 Å². The van der Waals surface area contributed by atoms with Crippen molar-refractivity contribution in [1.29, 1.82) is 0 Å². The molecule has 0 saturated carbocycles. The fraction of sp³-hybridized carbons (Fsp3) is 0.556. The van der Waals surface area contributed by atoms with Gasteiger partial charge in [0.2, 0.25) is 5.91 Å². The molecule has 0 radical (unpaired) electrons. The zero-order valence-corrected chi connectivity index (χ0v) is 8.74. The van der Waals surface area contributed by atoms with Gasteiger partial charge in [-0.2, -0.15) is 5.10 Å². The Balaban J connectivity index is 2.37. The molecular weight excluding hydrogens is 180 g/mol. The number of nitrogens with one attached hydrogen (secondary N) is 2. The molecule has 1 aromatic heterocycles. The van der Waals surface area contributed by atoms with E-state index in [4.69, 9.17) is 0 Å². The van der Waals surface area contributed by atoms with Gasteiger partial charge in [0.05, 0.1) is 18.3 Å². The lowest BCUT2D eigenvalue weighted by Gasteiger charge is -2.09. The van der Waals surface area contributed by atoms with Crippen LogP contribution in [0.15, 0.2) is 12.3 Å². The van der Waals surface area contributed by atoms with E-state index in [1.54, 1.807) is 11.7 Å². The zero-order chi connectivity index (χ0) is 10.6. The first-order valence-corrected chi connectivity index (χ1v) is 4.57. The van der Waals surface area contributed by atoms with E-state index >= 15 is 0 Å². The van der Waals surface area contributed by atoms with Gasteiger partial charge in [-0.3, -0.25) is 9.48 Å². The van der Waals surface area contributed by atoms with Gasteiger partial charge in [0, 0.05) is 13.2 Å². The molecule has 0 aliphatic heterocycles. The second-order valence-electron chi connectivity index (χ2n) is 3.21. The highest BCUT2D eigenvalue weighted by atomic mass is 16.2. The van der Waals surface area contributed by atoms with Crippen LogP contribution in [0.2, 0.25) is 0 Å². The Kier molecular flexibility index (Phi) is 3.64. The zero-order valence-electron chi connectivity index (χ0n) is 8.74. The molecule has 1 atom stereocenters. The summed E-state index contributed by atoms with van der Waals surface area (Å²) in [5, 5.41) is 9.80. The monoisotopic (exact) mass is 196 g/mol. The number of carbonyl (C=O) groups excluding carboxylic acids is 1. The van der Waals surface area contributed by atoms with Crippen LogP contribution in [0.5, 0.6) is 0 Å². The van der Waals surface area contributed by atoms with Crippen molar-refractivity contribution in [3.05, 3.63) is 18.0 Å². The minimum atomic E-state index is -0.168. The Bertz CT molecular complexity index is 308. The molecule has 5 nitrogen and oxygen atoms in total. The molecule has 2 N–H and O–H groups in total. The van der Waals surface area contributed by atoms with Gasteiger partial charge in [0.1, 0.15) is 0 Å². The van der Waals surface area contributed by atoms with Crippen molar-refractivity contribution in [2.75, 3.05) is 7.05 Å².